The fraction of sp³-hybridized carbons (Fsp3) is 0.333. The Morgan fingerprint density at radius 1 is 1.10 bits per heavy atom. The van der Waals surface area contributed by atoms with Crippen LogP contribution in [-0.4, -0.2) is 48.9 Å². The molecule has 0 saturated carbocycles. The Balaban J connectivity index is 1.78. The summed E-state index contributed by atoms with van der Waals surface area (Å²) in [4.78, 5) is 16.9. The van der Waals surface area contributed by atoms with Crippen LogP contribution in [0.3, 0.4) is 0 Å². The number of likely N-dealkylation sites (tertiary alicyclic amines) is 1. The first kappa shape index (κ1) is 20.6. The topological polar surface area (TPSA) is 59.4 Å². The lowest BCUT2D eigenvalue weighted by Crippen LogP contribution is -2.45. The number of nitriles is 1. The molecule has 1 N–H and O–H groups in total. The molecule has 150 valence electrons. The Bertz CT molecular complexity index is 825. The van der Waals surface area contributed by atoms with Crippen molar-refractivity contribution in [3.8, 4) is 6.07 Å². The van der Waals surface area contributed by atoms with Gasteiger partial charge in [0.05, 0.1) is 6.04 Å². The number of carbonyl (C=O) groups is 1. The van der Waals surface area contributed by atoms with E-state index in [-0.39, 0.29) is 23.6 Å². The summed E-state index contributed by atoms with van der Waals surface area (Å²) in [5, 5.41) is 12.9. The Labute approximate surface area is 173 Å². The van der Waals surface area contributed by atoms with Crippen molar-refractivity contribution < 1.29 is 4.79 Å². The van der Waals surface area contributed by atoms with Crippen LogP contribution in [0.15, 0.2) is 72.4 Å². The molecule has 2 aromatic rings. The van der Waals surface area contributed by atoms with E-state index in [0.29, 0.717) is 0 Å². The van der Waals surface area contributed by atoms with Gasteiger partial charge >= 0.3 is 0 Å². The fourth-order valence-electron chi connectivity index (χ4n) is 3.72. The minimum Gasteiger partial charge on any atom is -0.379 e. The van der Waals surface area contributed by atoms with Gasteiger partial charge in [0.25, 0.3) is 5.91 Å². The van der Waals surface area contributed by atoms with Crippen molar-refractivity contribution in [1.82, 2.24) is 15.1 Å². The zero-order valence-electron chi connectivity index (χ0n) is 17.1. The van der Waals surface area contributed by atoms with Crippen molar-refractivity contribution in [2.24, 2.45) is 0 Å². The number of likely N-dealkylation sites (N-methyl/N-ethyl adjacent to an activating group) is 1. The molecule has 0 aromatic heterocycles. The van der Waals surface area contributed by atoms with Crippen LogP contribution in [0.2, 0.25) is 0 Å². The maximum Gasteiger partial charge on any atom is 0.265 e. The second-order valence-corrected chi connectivity index (χ2v) is 7.54. The van der Waals surface area contributed by atoms with Crippen molar-refractivity contribution in [1.29, 1.82) is 5.26 Å². The minimum atomic E-state index is -0.227. The first-order valence-electron chi connectivity index (χ1n) is 10.0. The molecule has 0 unspecified atom stereocenters. The van der Waals surface area contributed by atoms with Crippen molar-refractivity contribution in [2.75, 3.05) is 27.2 Å². The summed E-state index contributed by atoms with van der Waals surface area (Å²) in [5.41, 5.74) is 2.27. The van der Waals surface area contributed by atoms with Crippen LogP contribution in [0.5, 0.6) is 0 Å². The summed E-state index contributed by atoms with van der Waals surface area (Å²) < 4.78 is 0. The van der Waals surface area contributed by atoms with Crippen LogP contribution in [0.25, 0.3) is 0 Å². The van der Waals surface area contributed by atoms with E-state index in [4.69, 9.17) is 0 Å². The van der Waals surface area contributed by atoms with Crippen LogP contribution in [-0.2, 0) is 4.79 Å². The van der Waals surface area contributed by atoms with Gasteiger partial charge < -0.3 is 15.1 Å². The number of benzene rings is 2. The average Bonchev–Trinajstić information content (AvgIpc) is 2.77. The highest BCUT2D eigenvalue weighted by molar-refractivity contribution is 5.97. The SMILES string of the molecule is CN1CCC(N(C)C(=O)/C(C#N)=C\NC(c2ccccc2)c2ccccc2)CC1. The van der Waals surface area contributed by atoms with E-state index < -0.39 is 0 Å². The highest BCUT2D eigenvalue weighted by atomic mass is 16.2. The van der Waals surface area contributed by atoms with Gasteiger partial charge in [0, 0.05) is 19.3 Å². The molecule has 1 amide bonds. The fourth-order valence-corrected chi connectivity index (χ4v) is 3.72. The van der Waals surface area contributed by atoms with Gasteiger partial charge in [0.1, 0.15) is 11.6 Å². The van der Waals surface area contributed by atoms with Crippen molar-refractivity contribution >= 4 is 5.91 Å². The lowest BCUT2D eigenvalue weighted by atomic mass is 9.99. The standard InChI is InChI=1S/C24H28N4O/c1-27-15-13-22(14-16-27)28(2)24(29)21(17-25)18-26-23(19-9-5-3-6-10-19)20-11-7-4-8-12-20/h3-12,18,22-23,26H,13-16H2,1-2H3/b21-18-. The van der Waals surface area contributed by atoms with E-state index in [1.165, 1.54) is 0 Å². The molecular formula is C24H28N4O. The number of rotatable bonds is 6. The smallest absolute Gasteiger partial charge is 0.265 e. The second kappa shape index (κ2) is 9.90. The number of hydrogen-bond acceptors (Lipinski definition) is 4. The summed E-state index contributed by atoms with van der Waals surface area (Å²) in [6.45, 7) is 1.94. The number of nitrogens with one attached hydrogen (secondary N) is 1. The molecule has 1 heterocycles. The number of carbonyl (C=O) groups excluding carboxylic acids is 1. The van der Waals surface area contributed by atoms with Gasteiger partial charge in [-0.15, -0.1) is 0 Å². The van der Waals surface area contributed by atoms with Crippen LogP contribution in [0.1, 0.15) is 30.0 Å². The summed E-state index contributed by atoms with van der Waals surface area (Å²) in [6.07, 6.45) is 3.43. The summed E-state index contributed by atoms with van der Waals surface area (Å²) >= 11 is 0. The third-order valence-corrected chi connectivity index (χ3v) is 5.57. The summed E-state index contributed by atoms with van der Waals surface area (Å²) in [5.74, 6) is -0.227. The second-order valence-electron chi connectivity index (χ2n) is 7.54. The molecule has 5 heteroatoms. The minimum absolute atomic E-state index is 0.128. The van der Waals surface area contributed by atoms with Crippen molar-refractivity contribution in [3.63, 3.8) is 0 Å². The van der Waals surface area contributed by atoms with Gasteiger partial charge in [-0.25, -0.2) is 0 Å². The van der Waals surface area contributed by atoms with Gasteiger partial charge in [-0.2, -0.15) is 5.26 Å². The predicted molar refractivity (Wildman–Crippen MR) is 115 cm³/mol. The molecular weight excluding hydrogens is 360 g/mol. The van der Waals surface area contributed by atoms with E-state index in [2.05, 4.69) is 23.3 Å². The molecule has 0 aliphatic carbocycles. The molecule has 0 radical (unpaired) electrons. The van der Waals surface area contributed by atoms with E-state index in [1.54, 1.807) is 18.1 Å². The highest BCUT2D eigenvalue weighted by Crippen LogP contribution is 2.22. The van der Waals surface area contributed by atoms with Crippen LogP contribution < -0.4 is 5.32 Å². The van der Waals surface area contributed by atoms with Gasteiger partial charge in [0.15, 0.2) is 0 Å². The molecule has 5 nitrogen and oxygen atoms in total. The summed E-state index contributed by atoms with van der Waals surface area (Å²) in [6, 6.07) is 22.2. The van der Waals surface area contributed by atoms with Crippen molar-refractivity contribution in [3.05, 3.63) is 83.6 Å². The van der Waals surface area contributed by atoms with Gasteiger partial charge in [0.2, 0.25) is 0 Å². The third kappa shape index (κ3) is 5.24. The molecule has 0 bridgehead atoms. The first-order valence-corrected chi connectivity index (χ1v) is 10.0. The molecule has 1 aliphatic heterocycles. The Kier molecular flexibility index (Phi) is 7.04. The molecule has 2 aromatic carbocycles. The molecule has 29 heavy (non-hydrogen) atoms. The van der Waals surface area contributed by atoms with E-state index in [0.717, 1.165) is 37.1 Å². The predicted octanol–water partition coefficient (Wildman–Crippen LogP) is 3.33. The molecule has 3 rings (SSSR count). The summed E-state index contributed by atoms with van der Waals surface area (Å²) in [7, 11) is 3.89. The monoisotopic (exact) mass is 388 g/mol. The number of piperidine rings is 1. The van der Waals surface area contributed by atoms with Crippen molar-refractivity contribution in [2.45, 2.75) is 24.9 Å². The van der Waals surface area contributed by atoms with E-state index in [9.17, 15) is 10.1 Å². The third-order valence-electron chi connectivity index (χ3n) is 5.57. The van der Waals surface area contributed by atoms with Gasteiger partial charge in [-0.1, -0.05) is 60.7 Å². The quantitative estimate of drug-likeness (QED) is 0.609. The van der Waals surface area contributed by atoms with Crippen LogP contribution >= 0.6 is 0 Å². The number of nitrogens with zero attached hydrogens (tertiary/aromatic N) is 3. The maximum absolute atomic E-state index is 12.9. The molecule has 1 fully saturated rings. The molecule has 0 atom stereocenters. The lowest BCUT2D eigenvalue weighted by Gasteiger charge is -2.35. The molecule has 1 aliphatic rings. The Morgan fingerprint density at radius 3 is 2.10 bits per heavy atom. The Morgan fingerprint density at radius 2 is 1.62 bits per heavy atom. The largest absolute Gasteiger partial charge is 0.379 e. The molecule has 1 saturated heterocycles. The van der Waals surface area contributed by atoms with Crippen LogP contribution in [0.4, 0.5) is 0 Å². The van der Waals surface area contributed by atoms with Gasteiger partial charge in [-0.05, 0) is 44.1 Å². The number of hydrogen-bond donors (Lipinski definition) is 1. The normalized spacial score (nSPS) is 15.7. The van der Waals surface area contributed by atoms with E-state index >= 15 is 0 Å². The average molecular weight is 389 g/mol. The maximum atomic E-state index is 12.9. The number of amides is 1. The lowest BCUT2D eigenvalue weighted by molar-refractivity contribution is -0.128. The Hall–Kier alpha value is -3.10. The first-order chi connectivity index (χ1) is 14.1. The highest BCUT2D eigenvalue weighted by Gasteiger charge is 2.26. The van der Waals surface area contributed by atoms with Gasteiger partial charge in [-0.3, -0.25) is 4.79 Å². The zero-order valence-corrected chi connectivity index (χ0v) is 17.1. The van der Waals surface area contributed by atoms with E-state index in [1.807, 2.05) is 60.7 Å². The zero-order chi connectivity index (χ0) is 20.6. The molecule has 0 spiro atoms. The van der Waals surface area contributed by atoms with Crippen LogP contribution in [0, 0.1) is 11.3 Å².